The second-order valence-electron chi connectivity index (χ2n) is 6.89. The van der Waals surface area contributed by atoms with Crippen LogP contribution < -0.4 is 15.0 Å². The summed E-state index contributed by atoms with van der Waals surface area (Å²) in [6, 6.07) is 13.5. The van der Waals surface area contributed by atoms with Crippen molar-refractivity contribution in [2.45, 2.75) is 12.5 Å². The minimum atomic E-state index is -0.305. The smallest absolute Gasteiger partial charge is 0.265 e. The van der Waals surface area contributed by atoms with Gasteiger partial charge in [0.2, 0.25) is 5.91 Å². The number of hydrogen-bond donors (Lipinski definition) is 1. The molecule has 0 aliphatic carbocycles. The average Bonchev–Trinajstić information content (AvgIpc) is 2.67. The number of nitrogens with zero attached hydrogens (tertiary/aromatic N) is 2. The molecule has 2 aromatic rings. The number of hydrogen-bond acceptors (Lipinski definition) is 4. The average molecular weight is 385 g/mol. The molecule has 1 heterocycles. The van der Waals surface area contributed by atoms with E-state index in [1.54, 1.807) is 23.1 Å². The van der Waals surface area contributed by atoms with E-state index in [4.69, 9.17) is 4.74 Å². The van der Waals surface area contributed by atoms with Gasteiger partial charge in [-0.25, -0.2) is 4.39 Å². The van der Waals surface area contributed by atoms with Crippen LogP contribution in [0.2, 0.25) is 0 Å². The second-order valence-corrected chi connectivity index (χ2v) is 6.89. The van der Waals surface area contributed by atoms with E-state index in [2.05, 4.69) is 5.32 Å². The van der Waals surface area contributed by atoms with Gasteiger partial charge in [-0.05, 0) is 43.9 Å². The maximum Gasteiger partial charge on any atom is 0.265 e. The lowest BCUT2D eigenvalue weighted by atomic mass is 10.1. The van der Waals surface area contributed by atoms with Crippen LogP contribution in [0.15, 0.2) is 48.5 Å². The fourth-order valence-electron chi connectivity index (χ4n) is 3.22. The summed E-state index contributed by atoms with van der Waals surface area (Å²) in [5.41, 5.74) is 1.47. The quantitative estimate of drug-likeness (QED) is 0.795. The van der Waals surface area contributed by atoms with Gasteiger partial charge in [-0.3, -0.25) is 9.59 Å². The molecule has 2 aromatic carbocycles. The fraction of sp³-hybridized carbons (Fsp3) is 0.333. The zero-order valence-electron chi connectivity index (χ0n) is 16.0. The van der Waals surface area contributed by atoms with E-state index < -0.39 is 0 Å². The first-order valence-electron chi connectivity index (χ1n) is 9.16. The van der Waals surface area contributed by atoms with Crippen molar-refractivity contribution in [2.75, 3.05) is 38.7 Å². The molecule has 148 valence electrons. The van der Waals surface area contributed by atoms with Gasteiger partial charge in [0, 0.05) is 19.5 Å². The molecule has 0 bridgehead atoms. The van der Waals surface area contributed by atoms with E-state index >= 15 is 0 Å². The molecule has 0 aromatic heterocycles. The lowest BCUT2D eigenvalue weighted by Gasteiger charge is -2.29. The van der Waals surface area contributed by atoms with E-state index in [0.717, 1.165) is 5.56 Å². The Balaban J connectivity index is 1.58. The van der Waals surface area contributed by atoms with Crippen molar-refractivity contribution in [3.63, 3.8) is 0 Å². The van der Waals surface area contributed by atoms with Crippen LogP contribution in [0.5, 0.6) is 5.75 Å². The van der Waals surface area contributed by atoms with Gasteiger partial charge >= 0.3 is 0 Å². The van der Waals surface area contributed by atoms with E-state index in [9.17, 15) is 14.0 Å². The number of carbonyl (C=O) groups is 2. The Hall–Kier alpha value is -2.93. The van der Waals surface area contributed by atoms with Crippen LogP contribution in [0.1, 0.15) is 18.0 Å². The third-order valence-electron chi connectivity index (χ3n) is 4.72. The second kappa shape index (κ2) is 8.84. The van der Waals surface area contributed by atoms with Gasteiger partial charge in [-0.1, -0.05) is 24.3 Å². The lowest BCUT2D eigenvalue weighted by molar-refractivity contribution is -0.122. The lowest BCUT2D eigenvalue weighted by Crippen LogP contribution is -2.41. The van der Waals surface area contributed by atoms with Gasteiger partial charge in [0.05, 0.1) is 11.7 Å². The molecule has 1 aliphatic rings. The normalized spacial score (nSPS) is 14.4. The summed E-state index contributed by atoms with van der Waals surface area (Å²) in [5, 5.41) is 2.89. The third-order valence-corrected chi connectivity index (χ3v) is 4.72. The highest BCUT2D eigenvalue weighted by Gasteiger charge is 2.25. The van der Waals surface area contributed by atoms with Gasteiger partial charge in [-0.2, -0.15) is 0 Å². The third kappa shape index (κ3) is 4.67. The highest BCUT2D eigenvalue weighted by Crippen LogP contribution is 2.31. The van der Waals surface area contributed by atoms with Gasteiger partial charge in [0.1, 0.15) is 11.6 Å². The Morgan fingerprint density at radius 2 is 2.04 bits per heavy atom. The molecular formula is C21H24FN3O3. The number of fused-ring (bicyclic) bond motifs is 1. The number of halogens is 1. The number of amides is 2. The summed E-state index contributed by atoms with van der Waals surface area (Å²) < 4.78 is 18.9. The SMILES string of the molecule is CN(C)[C@@H](CNC(=O)CCN1C(=O)COc2ccccc21)c1cccc(F)c1. The molecule has 28 heavy (non-hydrogen) atoms. The van der Waals surface area contributed by atoms with Crippen molar-refractivity contribution >= 4 is 17.5 Å². The number of carbonyl (C=O) groups excluding carboxylic acids is 2. The van der Waals surface area contributed by atoms with Gasteiger partial charge in [0.25, 0.3) is 5.91 Å². The van der Waals surface area contributed by atoms with Gasteiger partial charge < -0.3 is 19.9 Å². The van der Waals surface area contributed by atoms with Gasteiger partial charge in [-0.15, -0.1) is 0 Å². The predicted molar refractivity (Wildman–Crippen MR) is 105 cm³/mol. The molecule has 0 radical (unpaired) electrons. The summed E-state index contributed by atoms with van der Waals surface area (Å²) in [4.78, 5) is 28.0. The largest absolute Gasteiger partial charge is 0.482 e. The molecule has 0 spiro atoms. The molecule has 0 fully saturated rings. The topological polar surface area (TPSA) is 61.9 Å². The van der Waals surface area contributed by atoms with Crippen molar-refractivity contribution in [3.8, 4) is 5.75 Å². The summed E-state index contributed by atoms with van der Waals surface area (Å²) in [6.45, 7) is 0.599. The van der Waals surface area contributed by atoms with Crippen molar-refractivity contribution in [2.24, 2.45) is 0 Å². The molecule has 3 rings (SSSR count). The molecule has 1 aliphatic heterocycles. The number of para-hydroxylation sites is 2. The molecular weight excluding hydrogens is 361 g/mol. The molecule has 0 saturated carbocycles. The Morgan fingerprint density at radius 1 is 1.25 bits per heavy atom. The number of rotatable bonds is 7. The van der Waals surface area contributed by atoms with E-state index in [-0.39, 0.29) is 43.2 Å². The van der Waals surface area contributed by atoms with Crippen LogP contribution in [0, 0.1) is 5.82 Å². The minimum Gasteiger partial charge on any atom is -0.482 e. The molecule has 6 nitrogen and oxygen atoms in total. The first-order valence-corrected chi connectivity index (χ1v) is 9.16. The zero-order chi connectivity index (χ0) is 20.1. The van der Waals surface area contributed by atoms with Crippen LogP contribution in [-0.2, 0) is 9.59 Å². The Morgan fingerprint density at radius 3 is 2.79 bits per heavy atom. The minimum absolute atomic E-state index is 0.0269. The highest BCUT2D eigenvalue weighted by atomic mass is 19.1. The first-order chi connectivity index (χ1) is 13.5. The van der Waals surface area contributed by atoms with Crippen LogP contribution in [0.4, 0.5) is 10.1 Å². The monoisotopic (exact) mass is 385 g/mol. The summed E-state index contributed by atoms with van der Waals surface area (Å²) in [5.74, 6) is -0.00101. The number of anilines is 1. The van der Waals surface area contributed by atoms with Crippen molar-refractivity contribution in [1.82, 2.24) is 10.2 Å². The van der Waals surface area contributed by atoms with E-state index in [1.807, 2.05) is 37.2 Å². The van der Waals surface area contributed by atoms with Gasteiger partial charge in [0.15, 0.2) is 6.61 Å². The number of ether oxygens (including phenoxy) is 1. The van der Waals surface area contributed by atoms with Crippen molar-refractivity contribution in [1.29, 1.82) is 0 Å². The van der Waals surface area contributed by atoms with Crippen molar-refractivity contribution < 1.29 is 18.7 Å². The number of likely N-dealkylation sites (N-methyl/N-ethyl adjacent to an activating group) is 1. The highest BCUT2D eigenvalue weighted by molar-refractivity contribution is 5.98. The number of nitrogens with one attached hydrogen (secondary N) is 1. The Bertz CT molecular complexity index is 856. The predicted octanol–water partition coefficient (Wildman–Crippen LogP) is 2.36. The standard InChI is InChI=1S/C21H24FN3O3/c1-24(2)18(15-6-5-7-16(22)12-15)13-23-20(26)10-11-25-17-8-3-4-9-19(17)28-14-21(25)27/h3-9,12,18H,10-11,13-14H2,1-2H3,(H,23,26)/t18-/m0/s1. The zero-order valence-corrected chi connectivity index (χ0v) is 16.0. The molecule has 7 heteroatoms. The van der Waals surface area contributed by atoms with E-state index in [1.165, 1.54) is 12.1 Å². The maximum atomic E-state index is 13.5. The van der Waals surface area contributed by atoms with Crippen LogP contribution in [-0.4, -0.2) is 50.5 Å². The summed E-state index contributed by atoms with van der Waals surface area (Å²) in [7, 11) is 3.76. The van der Waals surface area contributed by atoms with E-state index in [0.29, 0.717) is 18.0 Å². The summed E-state index contributed by atoms with van der Waals surface area (Å²) in [6.07, 6.45) is 0.170. The van der Waals surface area contributed by atoms with Crippen LogP contribution >= 0.6 is 0 Å². The molecule has 2 amide bonds. The summed E-state index contributed by atoms with van der Waals surface area (Å²) >= 11 is 0. The van der Waals surface area contributed by atoms with Crippen LogP contribution in [0.3, 0.4) is 0 Å². The number of benzene rings is 2. The molecule has 0 unspecified atom stereocenters. The first kappa shape index (κ1) is 19.8. The molecule has 1 atom stereocenters. The Kier molecular flexibility index (Phi) is 6.26. The fourth-order valence-corrected chi connectivity index (χ4v) is 3.22. The Labute approximate surface area is 163 Å². The molecule has 1 N–H and O–H groups in total. The van der Waals surface area contributed by atoms with Crippen LogP contribution in [0.25, 0.3) is 0 Å². The van der Waals surface area contributed by atoms with Crippen molar-refractivity contribution in [3.05, 3.63) is 59.9 Å². The maximum absolute atomic E-state index is 13.5. The molecule has 0 saturated heterocycles.